The van der Waals surface area contributed by atoms with Crippen molar-refractivity contribution < 1.29 is 28.4 Å². The zero-order chi connectivity index (χ0) is 29.7. The number of nitrogens with one attached hydrogen (secondary N) is 3. The quantitative estimate of drug-likeness (QED) is 0.152. The fraction of sp³-hybridized carbons (Fsp3) is 0.533. The summed E-state index contributed by atoms with van der Waals surface area (Å²) in [6.45, 7) is 4.61. The molecule has 41 heavy (non-hydrogen) atoms. The Kier molecular flexibility index (Phi) is 12.8. The van der Waals surface area contributed by atoms with E-state index in [2.05, 4.69) is 16.0 Å². The number of likely N-dealkylation sites (tertiary alicyclic amines) is 1. The maximum Gasteiger partial charge on any atom is 0.328 e. The van der Waals surface area contributed by atoms with Gasteiger partial charge in [-0.05, 0) is 74.9 Å². The summed E-state index contributed by atoms with van der Waals surface area (Å²) >= 11 is 1.21. The van der Waals surface area contributed by atoms with Gasteiger partial charge in [-0.25, -0.2) is 4.79 Å². The van der Waals surface area contributed by atoms with E-state index < -0.39 is 17.9 Å². The van der Waals surface area contributed by atoms with E-state index in [1.807, 2.05) is 37.3 Å². The van der Waals surface area contributed by atoms with E-state index in [0.29, 0.717) is 41.0 Å². The summed E-state index contributed by atoms with van der Waals surface area (Å²) < 4.78 is 5.25. The minimum Gasteiger partial charge on any atom is -0.467 e. The summed E-state index contributed by atoms with van der Waals surface area (Å²) in [5.74, 6) is -1.29. The molecule has 0 spiro atoms. The van der Waals surface area contributed by atoms with Crippen LogP contribution in [0.15, 0.2) is 35.7 Å². The highest BCUT2D eigenvalue weighted by atomic mass is 32.1. The molecular weight excluding hydrogens is 542 g/mol. The molecule has 2 aromatic rings. The van der Waals surface area contributed by atoms with Crippen LogP contribution >= 0.6 is 11.3 Å². The van der Waals surface area contributed by atoms with Crippen molar-refractivity contribution >= 4 is 40.7 Å². The molecule has 0 radical (unpaired) electrons. The number of nitrogens with two attached hydrogens (primary N) is 1. The number of anilines is 1. The lowest BCUT2D eigenvalue weighted by molar-refractivity contribution is -0.912. The third-order valence-electron chi connectivity index (χ3n) is 7.49. The van der Waals surface area contributed by atoms with E-state index in [-0.39, 0.29) is 24.9 Å². The summed E-state index contributed by atoms with van der Waals surface area (Å²) in [7, 11) is 1.29. The van der Waals surface area contributed by atoms with Crippen LogP contribution in [-0.4, -0.2) is 74.0 Å². The average Bonchev–Trinajstić information content (AvgIpc) is 3.17. The predicted molar refractivity (Wildman–Crippen MR) is 160 cm³/mol. The van der Waals surface area contributed by atoms with E-state index in [9.17, 15) is 19.2 Å². The van der Waals surface area contributed by atoms with Crippen LogP contribution in [0.3, 0.4) is 0 Å². The molecule has 1 fully saturated rings. The Bertz CT molecular complexity index is 1160. The number of benzene rings is 1. The SMILES string of the molecule is COC(=O)[C@@H](CCCCN)NC(=O)c1scc(C)c1NC(=O)C[N+]1(CC(=O)NCc2ccccc2)CCCCCC1. The van der Waals surface area contributed by atoms with Crippen molar-refractivity contribution in [3.63, 3.8) is 0 Å². The van der Waals surface area contributed by atoms with Gasteiger partial charge in [0.15, 0.2) is 13.1 Å². The number of quaternary nitrogens is 1. The number of hydrogen-bond donors (Lipinski definition) is 4. The van der Waals surface area contributed by atoms with Gasteiger partial charge in [-0.3, -0.25) is 14.4 Å². The van der Waals surface area contributed by atoms with Crippen LogP contribution in [0.5, 0.6) is 0 Å². The van der Waals surface area contributed by atoms with Gasteiger partial charge in [0.1, 0.15) is 10.9 Å². The standard InChI is InChI=1S/C30H43N5O5S/c1-22-21-41-28(29(38)33-24(30(39)40-2)14-8-9-15-31)27(22)34-26(37)20-35(16-10-3-4-11-17-35)19-25(36)32-18-23-12-6-5-7-13-23/h5-7,12-13,21,24H,3-4,8-11,14-20,31H2,1-2H3,(H2-,32,33,34,36,37,38)/p+1/t24-/m1/s1. The van der Waals surface area contributed by atoms with Gasteiger partial charge in [0, 0.05) is 6.54 Å². The van der Waals surface area contributed by atoms with Gasteiger partial charge in [-0.2, -0.15) is 0 Å². The average molecular weight is 587 g/mol. The first-order valence-electron chi connectivity index (χ1n) is 14.4. The Labute approximate surface area is 246 Å². The lowest BCUT2D eigenvalue weighted by atomic mass is 10.1. The molecule has 11 heteroatoms. The van der Waals surface area contributed by atoms with Gasteiger partial charge >= 0.3 is 5.97 Å². The highest BCUT2D eigenvalue weighted by Crippen LogP contribution is 2.28. The normalized spacial score (nSPS) is 15.3. The van der Waals surface area contributed by atoms with Crippen molar-refractivity contribution in [2.75, 3.05) is 45.2 Å². The molecule has 3 amide bonds. The first-order valence-corrected chi connectivity index (χ1v) is 15.3. The number of methoxy groups -OCH3 is 1. The number of hydrogen-bond acceptors (Lipinski definition) is 7. The first kappa shape index (κ1) is 32.2. The second-order valence-corrected chi connectivity index (χ2v) is 11.7. The summed E-state index contributed by atoms with van der Waals surface area (Å²) in [6, 6.07) is 8.95. The van der Waals surface area contributed by atoms with Crippen LogP contribution in [0.4, 0.5) is 5.69 Å². The maximum atomic E-state index is 13.5. The minimum absolute atomic E-state index is 0.0844. The molecule has 1 aliphatic rings. The number of nitrogens with zero attached hydrogens (tertiary/aromatic N) is 1. The van der Waals surface area contributed by atoms with Gasteiger partial charge in [0.2, 0.25) is 0 Å². The maximum absolute atomic E-state index is 13.5. The number of carbonyl (C=O) groups is 4. The van der Waals surface area contributed by atoms with Crippen LogP contribution < -0.4 is 21.7 Å². The number of thiophene rings is 1. The number of aryl methyl sites for hydroxylation is 1. The summed E-state index contributed by atoms with van der Waals surface area (Å²) in [5, 5.41) is 10.5. The van der Waals surface area contributed by atoms with Crippen LogP contribution in [0.25, 0.3) is 0 Å². The number of amides is 3. The largest absolute Gasteiger partial charge is 0.467 e. The Hall–Kier alpha value is -3.28. The number of ether oxygens (including phenoxy) is 1. The summed E-state index contributed by atoms with van der Waals surface area (Å²) in [4.78, 5) is 52.3. The van der Waals surface area contributed by atoms with Crippen LogP contribution in [0, 0.1) is 6.92 Å². The topological polar surface area (TPSA) is 140 Å². The van der Waals surface area contributed by atoms with E-state index >= 15 is 0 Å². The first-order chi connectivity index (χ1) is 19.8. The fourth-order valence-corrected chi connectivity index (χ4v) is 6.16. The molecule has 1 aromatic heterocycles. The lowest BCUT2D eigenvalue weighted by Crippen LogP contribution is -2.57. The molecule has 0 unspecified atom stereocenters. The molecule has 2 heterocycles. The summed E-state index contributed by atoms with van der Waals surface area (Å²) in [5.41, 5.74) is 7.78. The molecule has 0 aliphatic carbocycles. The van der Waals surface area contributed by atoms with Gasteiger partial charge in [-0.15, -0.1) is 11.3 Å². The third-order valence-corrected chi connectivity index (χ3v) is 8.59. The molecule has 0 bridgehead atoms. The molecule has 10 nitrogen and oxygen atoms in total. The second-order valence-electron chi connectivity index (χ2n) is 10.8. The van der Waals surface area contributed by atoms with Gasteiger partial charge in [-0.1, -0.05) is 30.3 Å². The van der Waals surface area contributed by atoms with Gasteiger partial charge in [0.25, 0.3) is 17.7 Å². The number of esters is 1. The molecule has 0 saturated carbocycles. The van der Waals surface area contributed by atoms with Crippen LogP contribution in [-0.2, 0) is 25.7 Å². The monoisotopic (exact) mass is 586 g/mol. The number of carbonyl (C=O) groups excluding carboxylic acids is 4. The smallest absolute Gasteiger partial charge is 0.328 e. The molecule has 1 saturated heterocycles. The van der Waals surface area contributed by atoms with E-state index in [0.717, 1.165) is 56.3 Å². The second kappa shape index (κ2) is 16.2. The highest BCUT2D eigenvalue weighted by molar-refractivity contribution is 7.13. The van der Waals surface area contributed by atoms with Crippen molar-refractivity contribution in [3.05, 3.63) is 51.7 Å². The molecule has 1 aliphatic heterocycles. The van der Waals surface area contributed by atoms with Crippen molar-refractivity contribution in [1.29, 1.82) is 0 Å². The van der Waals surface area contributed by atoms with Gasteiger partial charge < -0.3 is 30.9 Å². The van der Waals surface area contributed by atoms with Crippen molar-refractivity contribution in [3.8, 4) is 0 Å². The van der Waals surface area contributed by atoms with Gasteiger partial charge in [0.05, 0.1) is 25.9 Å². The highest BCUT2D eigenvalue weighted by Gasteiger charge is 2.35. The molecule has 1 atom stereocenters. The zero-order valence-electron chi connectivity index (χ0n) is 24.2. The minimum atomic E-state index is -0.801. The van der Waals surface area contributed by atoms with Crippen LogP contribution in [0.1, 0.15) is 65.7 Å². The van der Waals surface area contributed by atoms with E-state index in [4.69, 9.17) is 10.5 Å². The Morgan fingerprint density at radius 1 is 1.00 bits per heavy atom. The zero-order valence-corrected chi connectivity index (χ0v) is 25.0. The molecule has 5 N–H and O–H groups in total. The molecule has 1 aromatic carbocycles. The van der Waals surface area contributed by atoms with E-state index in [1.165, 1.54) is 18.4 Å². The number of rotatable bonds is 14. The Morgan fingerprint density at radius 3 is 2.34 bits per heavy atom. The lowest BCUT2D eigenvalue weighted by Gasteiger charge is -2.36. The third kappa shape index (κ3) is 9.94. The molecule has 224 valence electrons. The van der Waals surface area contributed by atoms with E-state index in [1.54, 1.807) is 5.38 Å². The van der Waals surface area contributed by atoms with Crippen molar-refractivity contribution in [2.24, 2.45) is 5.73 Å². The summed E-state index contributed by atoms with van der Waals surface area (Å²) in [6.07, 6.45) is 5.86. The van der Waals surface area contributed by atoms with Crippen molar-refractivity contribution in [1.82, 2.24) is 10.6 Å². The Morgan fingerprint density at radius 2 is 1.68 bits per heavy atom. The molecule has 3 rings (SSSR count). The Balaban J connectivity index is 1.69. The van der Waals surface area contributed by atoms with Crippen LogP contribution in [0.2, 0.25) is 0 Å². The number of unbranched alkanes of at least 4 members (excludes halogenated alkanes) is 1. The molecular formula is C30H44N5O5S+. The van der Waals surface area contributed by atoms with Crippen molar-refractivity contribution in [2.45, 2.75) is 64.5 Å². The predicted octanol–water partition coefficient (Wildman–Crippen LogP) is 3.10. The fourth-order valence-electron chi connectivity index (χ4n) is 5.25.